The van der Waals surface area contributed by atoms with Crippen molar-refractivity contribution in [1.82, 2.24) is 10.1 Å². The average Bonchev–Trinajstić information content (AvgIpc) is 3.09. The van der Waals surface area contributed by atoms with Crippen LogP contribution in [0.25, 0.3) is 11.1 Å². The van der Waals surface area contributed by atoms with Crippen molar-refractivity contribution in [3.63, 3.8) is 0 Å². The highest BCUT2D eigenvalue weighted by Crippen LogP contribution is 2.26. The van der Waals surface area contributed by atoms with Gasteiger partial charge < -0.3 is 10.3 Å². The lowest BCUT2D eigenvalue weighted by Gasteiger charge is -2.11. The summed E-state index contributed by atoms with van der Waals surface area (Å²) in [4.78, 5) is 4.41. The predicted octanol–water partition coefficient (Wildman–Crippen LogP) is 5.07. The third kappa shape index (κ3) is 4.11. The summed E-state index contributed by atoms with van der Waals surface area (Å²) >= 11 is 5.85. The zero-order valence-corrected chi connectivity index (χ0v) is 15.7. The fourth-order valence-corrected chi connectivity index (χ4v) is 2.72. The van der Waals surface area contributed by atoms with Gasteiger partial charge in [0.2, 0.25) is 5.89 Å². The molecular weight excluding hydrogens is 353 g/mol. The van der Waals surface area contributed by atoms with Crippen LogP contribution >= 0.6 is 11.6 Å². The Hall–Kier alpha value is -2.24. The Kier molecular flexibility index (Phi) is 5.12. The fraction of sp³-hybridized carbons (Fsp3) is 0.300. The number of aromatic nitrogens is 2. The van der Waals surface area contributed by atoms with E-state index in [1.165, 1.54) is 6.07 Å². The number of hydrogen-bond acceptors (Lipinski definition) is 4. The number of halogens is 2. The molecule has 0 spiro atoms. The molecule has 2 N–H and O–H groups in total. The third-order valence-corrected chi connectivity index (χ3v) is 4.38. The molecular formula is C20H21ClFN3O. The molecule has 0 saturated carbocycles. The van der Waals surface area contributed by atoms with Gasteiger partial charge in [0.25, 0.3) is 0 Å². The number of hydrogen-bond donors (Lipinski definition) is 1. The lowest BCUT2D eigenvalue weighted by atomic mass is 9.96. The van der Waals surface area contributed by atoms with Crippen LogP contribution in [0.3, 0.4) is 0 Å². The minimum atomic E-state index is -0.424. The Morgan fingerprint density at radius 1 is 1.12 bits per heavy atom. The largest absolute Gasteiger partial charge is 0.338 e. The van der Waals surface area contributed by atoms with E-state index >= 15 is 0 Å². The first-order valence-corrected chi connectivity index (χ1v) is 8.76. The Balaban J connectivity index is 1.72. The fourth-order valence-electron chi connectivity index (χ4n) is 2.54. The van der Waals surface area contributed by atoms with Gasteiger partial charge >= 0.3 is 0 Å². The molecule has 0 aliphatic heterocycles. The van der Waals surface area contributed by atoms with Crippen molar-refractivity contribution in [3.8, 4) is 11.1 Å². The SMILES string of the molecule is CC(C)(C)c1noc([C@H](N)Cc2ccc(-c3ccc(F)c(Cl)c3)cc2)n1. The van der Waals surface area contributed by atoms with Gasteiger partial charge in [0, 0.05) is 5.41 Å². The van der Waals surface area contributed by atoms with Crippen LogP contribution in [0.1, 0.15) is 44.1 Å². The summed E-state index contributed by atoms with van der Waals surface area (Å²) < 4.78 is 18.6. The summed E-state index contributed by atoms with van der Waals surface area (Å²) in [6.07, 6.45) is 0.580. The van der Waals surface area contributed by atoms with Crippen molar-refractivity contribution in [2.75, 3.05) is 0 Å². The second-order valence-corrected chi connectivity index (χ2v) is 7.75. The molecule has 136 valence electrons. The average molecular weight is 374 g/mol. The zero-order valence-electron chi connectivity index (χ0n) is 15.0. The second kappa shape index (κ2) is 7.17. The first kappa shape index (κ1) is 18.5. The molecule has 0 aliphatic rings. The Bertz CT molecular complexity index is 900. The van der Waals surface area contributed by atoms with E-state index in [2.05, 4.69) is 10.1 Å². The lowest BCUT2D eigenvalue weighted by Crippen LogP contribution is -2.16. The summed E-state index contributed by atoms with van der Waals surface area (Å²) in [7, 11) is 0. The van der Waals surface area contributed by atoms with Crippen molar-refractivity contribution in [2.24, 2.45) is 5.73 Å². The number of nitrogens with two attached hydrogens (primary N) is 1. The highest BCUT2D eigenvalue weighted by atomic mass is 35.5. The van der Waals surface area contributed by atoms with Crippen molar-refractivity contribution >= 4 is 11.6 Å². The van der Waals surface area contributed by atoms with Gasteiger partial charge in [-0.3, -0.25) is 0 Å². The van der Waals surface area contributed by atoms with Gasteiger partial charge in [0.1, 0.15) is 5.82 Å². The van der Waals surface area contributed by atoms with Crippen LogP contribution in [0, 0.1) is 5.82 Å². The maximum atomic E-state index is 13.3. The van der Waals surface area contributed by atoms with Gasteiger partial charge in [-0.2, -0.15) is 4.98 Å². The topological polar surface area (TPSA) is 64.9 Å². The molecule has 0 saturated heterocycles. The molecule has 6 heteroatoms. The summed E-state index contributed by atoms with van der Waals surface area (Å²) in [5, 5.41) is 4.12. The Labute approximate surface area is 157 Å². The molecule has 0 unspecified atom stereocenters. The first-order valence-electron chi connectivity index (χ1n) is 8.38. The van der Waals surface area contributed by atoms with E-state index < -0.39 is 5.82 Å². The summed E-state index contributed by atoms with van der Waals surface area (Å²) in [6, 6.07) is 12.2. The van der Waals surface area contributed by atoms with Crippen LogP contribution in [-0.4, -0.2) is 10.1 Å². The van der Waals surface area contributed by atoms with Crippen LogP contribution in [0.5, 0.6) is 0 Å². The van der Waals surface area contributed by atoms with Gasteiger partial charge in [-0.1, -0.05) is 67.9 Å². The van der Waals surface area contributed by atoms with Crippen LogP contribution in [0.2, 0.25) is 5.02 Å². The standard InChI is InChI=1S/C20H21ClFN3O/c1-20(2,3)19-24-18(26-25-19)17(23)10-12-4-6-13(7-5-12)14-8-9-16(22)15(21)11-14/h4-9,11,17H,10,23H2,1-3H3/t17-/m1/s1. The van der Waals surface area contributed by atoms with Gasteiger partial charge in [-0.05, 0) is 35.2 Å². The van der Waals surface area contributed by atoms with Gasteiger partial charge in [-0.25, -0.2) is 4.39 Å². The number of nitrogens with zero attached hydrogens (tertiary/aromatic N) is 2. The quantitative estimate of drug-likeness (QED) is 0.693. The molecule has 26 heavy (non-hydrogen) atoms. The number of rotatable bonds is 4. The van der Waals surface area contributed by atoms with Gasteiger partial charge in [-0.15, -0.1) is 0 Å². The Morgan fingerprint density at radius 3 is 2.35 bits per heavy atom. The van der Waals surface area contributed by atoms with Crippen molar-refractivity contribution < 1.29 is 8.91 Å². The minimum Gasteiger partial charge on any atom is -0.338 e. The smallest absolute Gasteiger partial charge is 0.243 e. The highest BCUT2D eigenvalue weighted by Gasteiger charge is 2.23. The molecule has 4 nitrogen and oxygen atoms in total. The molecule has 0 radical (unpaired) electrons. The molecule has 3 rings (SSSR count). The van der Waals surface area contributed by atoms with E-state index in [0.29, 0.717) is 18.1 Å². The summed E-state index contributed by atoms with van der Waals surface area (Å²) in [5.41, 5.74) is 8.89. The molecule has 1 heterocycles. The third-order valence-electron chi connectivity index (χ3n) is 4.09. The van der Waals surface area contributed by atoms with Gasteiger partial charge in [0.15, 0.2) is 5.82 Å². The molecule has 0 bridgehead atoms. The molecule has 0 amide bonds. The van der Waals surface area contributed by atoms with E-state index in [4.69, 9.17) is 21.9 Å². The van der Waals surface area contributed by atoms with E-state index in [-0.39, 0.29) is 16.5 Å². The lowest BCUT2D eigenvalue weighted by molar-refractivity contribution is 0.343. The summed E-state index contributed by atoms with van der Waals surface area (Å²) in [5.74, 6) is 0.656. The maximum Gasteiger partial charge on any atom is 0.243 e. The van der Waals surface area contributed by atoms with Crippen molar-refractivity contribution in [3.05, 3.63) is 70.6 Å². The summed E-state index contributed by atoms with van der Waals surface area (Å²) in [6.45, 7) is 6.06. The molecule has 1 atom stereocenters. The molecule has 3 aromatic rings. The van der Waals surface area contributed by atoms with Crippen LogP contribution in [-0.2, 0) is 11.8 Å². The second-order valence-electron chi connectivity index (χ2n) is 7.34. The minimum absolute atomic E-state index is 0.111. The van der Waals surface area contributed by atoms with Crippen LogP contribution in [0.15, 0.2) is 47.0 Å². The van der Waals surface area contributed by atoms with E-state index in [0.717, 1.165) is 16.7 Å². The van der Waals surface area contributed by atoms with Crippen LogP contribution < -0.4 is 5.73 Å². The zero-order chi connectivity index (χ0) is 18.9. The first-order chi connectivity index (χ1) is 12.2. The van der Waals surface area contributed by atoms with Crippen molar-refractivity contribution in [2.45, 2.75) is 38.6 Å². The van der Waals surface area contributed by atoms with E-state index in [9.17, 15) is 4.39 Å². The van der Waals surface area contributed by atoms with E-state index in [1.807, 2.05) is 45.0 Å². The normalized spacial score (nSPS) is 13.0. The molecule has 0 fully saturated rings. The van der Waals surface area contributed by atoms with E-state index in [1.54, 1.807) is 12.1 Å². The number of benzene rings is 2. The molecule has 0 aliphatic carbocycles. The molecule has 2 aromatic carbocycles. The maximum absolute atomic E-state index is 13.3. The van der Waals surface area contributed by atoms with Crippen molar-refractivity contribution in [1.29, 1.82) is 0 Å². The predicted molar refractivity (Wildman–Crippen MR) is 100 cm³/mol. The molecule has 1 aromatic heterocycles. The van der Waals surface area contributed by atoms with Crippen LogP contribution in [0.4, 0.5) is 4.39 Å². The van der Waals surface area contributed by atoms with Gasteiger partial charge in [0.05, 0.1) is 11.1 Å². The highest BCUT2D eigenvalue weighted by molar-refractivity contribution is 6.31. The monoisotopic (exact) mass is 373 g/mol. The Morgan fingerprint density at radius 2 is 1.77 bits per heavy atom.